The second-order valence-electron chi connectivity index (χ2n) is 6.73. The Kier molecular flexibility index (Phi) is 6.99. The number of amides is 1. The zero-order chi connectivity index (χ0) is 22.4. The van der Waals surface area contributed by atoms with Crippen molar-refractivity contribution in [3.8, 4) is 0 Å². The third-order valence-electron chi connectivity index (χ3n) is 4.59. The van der Waals surface area contributed by atoms with Gasteiger partial charge in [0.1, 0.15) is 0 Å². The summed E-state index contributed by atoms with van der Waals surface area (Å²) in [5, 5.41) is 13.6. The molecule has 1 atom stereocenters. The molecule has 0 heterocycles. The highest BCUT2D eigenvalue weighted by molar-refractivity contribution is 6.33. The minimum atomic E-state index is -1.12. The molecule has 0 saturated carbocycles. The first-order valence-electron chi connectivity index (χ1n) is 9.42. The summed E-state index contributed by atoms with van der Waals surface area (Å²) in [6.45, 7) is 1.44. The Balaban J connectivity index is 1.74. The first-order valence-corrected chi connectivity index (χ1v) is 9.80. The number of rotatable bonds is 7. The van der Waals surface area contributed by atoms with Crippen LogP contribution in [0.3, 0.4) is 0 Å². The van der Waals surface area contributed by atoms with Gasteiger partial charge in [0, 0.05) is 12.1 Å². The van der Waals surface area contributed by atoms with E-state index < -0.39 is 28.9 Å². The summed E-state index contributed by atoms with van der Waals surface area (Å²) in [4.78, 5) is 35.4. The highest BCUT2D eigenvalue weighted by Gasteiger charge is 2.25. The van der Waals surface area contributed by atoms with E-state index in [1.165, 1.54) is 13.0 Å². The number of esters is 1. The number of ether oxygens (including phenoxy) is 1. The maximum Gasteiger partial charge on any atom is 0.340 e. The summed E-state index contributed by atoms with van der Waals surface area (Å²) in [5.41, 5.74) is 1.44. The number of non-ortho nitro benzene ring substituents is 1. The number of hydrogen-bond donors (Lipinski definition) is 1. The van der Waals surface area contributed by atoms with Crippen molar-refractivity contribution in [3.05, 3.63) is 111 Å². The van der Waals surface area contributed by atoms with Crippen LogP contribution in [-0.4, -0.2) is 22.9 Å². The van der Waals surface area contributed by atoms with Gasteiger partial charge < -0.3 is 10.1 Å². The SMILES string of the molecule is CC(OC(=O)c1ccc([N+](=O)[O-])cc1Cl)C(=O)NC(c1ccccc1)c1ccccc1. The second-order valence-corrected chi connectivity index (χ2v) is 7.14. The number of carbonyl (C=O) groups is 2. The molecule has 8 heteroatoms. The quantitative estimate of drug-likeness (QED) is 0.327. The van der Waals surface area contributed by atoms with Crippen molar-refractivity contribution in [1.29, 1.82) is 0 Å². The fourth-order valence-corrected chi connectivity index (χ4v) is 3.22. The van der Waals surface area contributed by atoms with Crippen LogP contribution in [0, 0.1) is 10.1 Å². The molecule has 1 N–H and O–H groups in total. The average molecular weight is 439 g/mol. The van der Waals surface area contributed by atoms with E-state index in [1.807, 2.05) is 60.7 Å². The van der Waals surface area contributed by atoms with Gasteiger partial charge in [0.15, 0.2) is 6.10 Å². The predicted molar refractivity (Wildman–Crippen MR) is 116 cm³/mol. The van der Waals surface area contributed by atoms with E-state index in [1.54, 1.807) is 0 Å². The Labute approximate surface area is 183 Å². The van der Waals surface area contributed by atoms with E-state index in [0.29, 0.717) is 0 Å². The van der Waals surface area contributed by atoms with Gasteiger partial charge >= 0.3 is 5.97 Å². The number of nitrogens with zero attached hydrogens (tertiary/aromatic N) is 1. The molecule has 1 unspecified atom stereocenters. The maximum absolute atomic E-state index is 12.8. The first kappa shape index (κ1) is 22.0. The molecule has 31 heavy (non-hydrogen) atoms. The number of carbonyl (C=O) groups excluding carboxylic acids is 2. The van der Waals surface area contributed by atoms with E-state index in [4.69, 9.17) is 16.3 Å². The third-order valence-corrected chi connectivity index (χ3v) is 4.90. The largest absolute Gasteiger partial charge is 0.449 e. The van der Waals surface area contributed by atoms with Gasteiger partial charge in [0.05, 0.1) is 21.6 Å². The number of nitrogens with one attached hydrogen (secondary N) is 1. The normalized spacial score (nSPS) is 11.6. The maximum atomic E-state index is 12.8. The molecule has 0 saturated heterocycles. The summed E-state index contributed by atoms with van der Waals surface area (Å²) in [5.74, 6) is -1.34. The van der Waals surface area contributed by atoms with Gasteiger partial charge in [-0.1, -0.05) is 72.3 Å². The lowest BCUT2D eigenvalue weighted by molar-refractivity contribution is -0.384. The number of halogens is 1. The Morgan fingerprint density at radius 3 is 2.00 bits per heavy atom. The van der Waals surface area contributed by atoms with Crippen molar-refractivity contribution in [2.45, 2.75) is 19.1 Å². The van der Waals surface area contributed by atoms with Crippen LogP contribution >= 0.6 is 11.6 Å². The Hall–Kier alpha value is -3.71. The highest BCUT2D eigenvalue weighted by atomic mass is 35.5. The summed E-state index contributed by atoms with van der Waals surface area (Å²) in [6, 6.07) is 21.8. The lowest BCUT2D eigenvalue weighted by Crippen LogP contribution is -2.38. The van der Waals surface area contributed by atoms with Gasteiger partial charge in [0.25, 0.3) is 11.6 Å². The lowest BCUT2D eigenvalue weighted by atomic mass is 9.98. The van der Waals surface area contributed by atoms with Gasteiger partial charge in [-0.05, 0) is 24.1 Å². The molecule has 0 fully saturated rings. The van der Waals surface area contributed by atoms with E-state index in [-0.39, 0.29) is 16.3 Å². The Bertz CT molecular complexity index is 1050. The fourth-order valence-electron chi connectivity index (χ4n) is 2.97. The van der Waals surface area contributed by atoms with Crippen molar-refractivity contribution >= 4 is 29.2 Å². The zero-order valence-corrected chi connectivity index (χ0v) is 17.3. The molecule has 3 aromatic rings. The molecule has 3 aromatic carbocycles. The van der Waals surface area contributed by atoms with Gasteiger partial charge in [-0.25, -0.2) is 4.79 Å². The van der Waals surface area contributed by atoms with E-state index in [2.05, 4.69) is 5.32 Å². The molecular formula is C23H19ClN2O5. The number of benzene rings is 3. The molecule has 1 amide bonds. The first-order chi connectivity index (χ1) is 14.9. The molecule has 0 aliphatic heterocycles. The average Bonchev–Trinajstić information content (AvgIpc) is 2.78. The molecule has 158 valence electrons. The molecule has 0 spiro atoms. The Morgan fingerprint density at radius 2 is 1.52 bits per heavy atom. The predicted octanol–water partition coefficient (Wildman–Crippen LogP) is 4.70. The van der Waals surface area contributed by atoms with Gasteiger partial charge in [-0.3, -0.25) is 14.9 Å². The van der Waals surface area contributed by atoms with Crippen molar-refractivity contribution in [2.24, 2.45) is 0 Å². The highest BCUT2D eigenvalue weighted by Crippen LogP contribution is 2.24. The molecule has 7 nitrogen and oxygen atoms in total. The van der Waals surface area contributed by atoms with Crippen LogP contribution in [0.1, 0.15) is 34.5 Å². The number of nitro benzene ring substituents is 1. The number of hydrogen-bond acceptors (Lipinski definition) is 5. The van der Waals surface area contributed by atoms with E-state index in [0.717, 1.165) is 23.3 Å². The minimum absolute atomic E-state index is 0.0606. The molecule has 3 rings (SSSR count). The smallest absolute Gasteiger partial charge is 0.340 e. The Morgan fingerprint density at radius 1 is 0.968 bits per heavy atom. The summed E-state index contributed by atoms with van der Waals surface area (Å²) in [6.07, 6.45) is -1.12. The van der Waals surface area contributed by atoms with Crippen molar-refractivity contribution < 1.29 is 19.2 Å². The van der Waals surface area contributed by atoms with Crippen molar-refractivity contribution in [3.63, 3.8) is 0 Å². The lowest BCUT2D eigenvalue weighted by Gasteiger charge is -2.22. The van der Waals surface area contributed by atoms with Crippen molar-refractivity contribution in [1.82, 2.24) is 5.32 Å². The molecule has 0 radical (unpaired) electrons. The minimum Gasteiger partial charge on any atom is -0.449 e. The standard InChI is InChI=1S/C23H19ClN2O5/c1-15(31-23(28)19-13-12-18(26(29)30)14-20(19)24)22(27)25-21(16-8-4-2-5-9-16)17-10-6-3-7-11-17/h2-15,21H,1H3,(H,25,27). The molecule has 0 bridgehead atoms. The van der Waals surface area contributed by atoms with Gasteiger partial charge in [0.2, 0.25) is 0 Å². The third kappa shape index (κ3) is 5.46. The summed E-state index contributed by atoms with van der Waals surface area (Å²) < 4.78 is 5.25. The van der Waals surface area contributed by atoms with Crippen LogP contribution < -0.4 is 5.32 Å². The molecule has 0 aliphatic rings. The molecule has 0 aliphatic carbocycles. The zero-order valence-electron chi connectivity index (χ0n) is 16.5. The van der Waals surface area contributed by atoms with Crippen LogP contribution in [0.15, 0.2) is 78.9 Å². The van der Waals surface area contributed by atoms with Crippen LogP contribution in [0.2, 0.25) is 5.02 Å². The van der Waals surface area contributed by atoms with Crippen LogP contribution in [0.5, 0.6) is 0 Å². The van der Waals surface area contributed by atoms with Crippen LogP contribution in [0.4, 0.5) is 5.69 Å². The summed E-state index contributed by atoms with van der Waals surface area (Å²) >= 11 is 5.97. The van der Waals surface area contributed by atoms with Crippen LogP contribution in [0.25, 0.3) is 0 Å². The fraction of sp³-hybridized carbons (Fsp3) is 0.130. The molecular weight excluding hydrogens is 420 g/mol. The molecule has 0 aromatic heterocycles. The second kappa shape index (κ2) is 9.86. The van der Waals surface area contributed by atoms with Crippen molar-refractivity contribution in [2.75, 3.05) is 0 Å². The topological polar surface area (TPSA) is 98.5 Å². The monoisotopic (exact) mass is 438 g/mol. The van der Waals surface area contributed by atoms with Gasteiger partial charge in [-0.15, -0.1) is 0 Å². The van der Waals surface area contributed by atoms with E-state index in [9.17, 15) is 19.7 Å². The van der Waals surface area contributed by atoms with E-state index >= 15 is 0 Å². The summed E-state index contributed by atoms with van der Waals surface area (Å²) in [7, 11) is 0. The van der Waals surface area contributed by atoms with Crippen LogP contribution in [-0.2, 0) is 9.53 Å². The number of nitro groups is 1. The van der Waals surface area contributed by atoms with Gasteiger partial charge in [-0.2, -0.15) is 0 Å².